The molecule has 0 bridgehead atoms. The number of nitrogens with zero attached hydrogens (tertiary/aromatic N) is 1. The number of ether oxygens (including phenoxy) is 1. The van der Waals surface area contributed by atoms with Crippen molar-refractivity contribution in [1.29, 1.82) is 0 Å². The maximum absolute atomic E-state index is 12.4. The molecule has 5 nitrogen and oxygen atoms in total. The maximum Gasteiger partial charge on any atom is 0.336 e. The molecule has 1 saturated heterocycles. The van der Waals surface area contributed by atoms with E-state index in [-0.39, 0.29) is 12.5 Å². The Hall–Kier alpha value is -3.08. The Balaban J connectivity index is 1.53. The van der Waals surface area contributed by atoms with Crippen molar-refractivity contribution in [3.8, 4) is 16.9 Å². The van der Waals surface area contributed by atoms with Crippen LogP contribution in [0.4, 0.5) is 0 Å². The summed E-state index contributed by atoms with van der Waals surface area (Å²) < 4.78 is 11.1. The van der Waals surface area contributed by atoms with Crippen molar-refractivity contribution in [1.82, 2.24) is 4.90 Å². The minimum absolute atomic E-state index is 0.00788. The molecule has 1 fully saturated rings. The van der Waals surface area contributed by atoms with Crippen molar-refractivity contribution in [2.24, 2.45) is 5.92 Å². The molecule has 1 aliphatic rings. The fraction of sp³-hybridized carbons (Fsp3) is 0.304. The molecule has 1 amide bonds. The van der Waals surface area contributed by atoms with Crippen molar-refractivity contribution in [2.75, 3.05) is 19.7 Å². The lowest BCUT2D eigenvalue weighted by atomic mass is 9.99. The van der Waals surface area contributed by atoms with Crippen molar-refractivity contribution < 1.29 is 13.9 Å². The van der Waals surface area contributed by atoms with E-state index in [0.717, 1.165) is 42.4 Å². The molecule has 0 spiro atoms. The second-order valence-corrected chi connectivity index (χ2v) is 7.36. The summed E-state index contributed by atoms with van der Waals surface area (Å²) in [4.78, 5) is 26.2. The highest BCUT2D eigenvalue weighted by Gasteiger charge is 2.20. The van der Waals surface area contributed by atoms with Crippen molar-refractivity contribution >= 4 is 16.9 Å². The van der Waals surface area contributed by atoms with Crippen LogP contribution < -0.4 is 10.4 Å². The second kappa shape index (κ2) is 7.89. The number of hydrogen-bond acceptors (Lipinski definition) is 4. The lowest BCUT2D eigenvalue weighted by Crippen LogP contribution is -2.40. The molecule has 1 aliphatic heterocycles. The van der Waals surface area contributed by atoms with Crippen LogP contribution in [-0.2, 0) is 4.79 Å². The molecular formula is C23H23NO4. The van der Waals surface area contributed by atoms with Crippen LogP contribution in [-0.4, -0.2) is 30.5 Å². The fourth-order valence-electron chi connectivity index (χ4n) is 3.58. The summed E-state index contributed by atoms with van der Waals surface area (Å²) in [5.41, 5.74) is 1.80. The number of carbonyl (C=O) groups excluding carboxylic acids is 1. The van der Waals surface area contributed by atoms with Crippen molar-refractivity contribution in [2.45, 2.75) is 19.8 Å². The Morgan fingerprint density at radius 3 is 2.61 bits per heavy atom. The molecular weight excluding hydrogens is 354 g/mol. The van der Waals surface area contributed by atoms with Gasteiger partial charge in [0.2, 0.25) is 0 Å². The van der Waals surface area contributed by atoms with Crippen LogP contribution in [0.15, 0.2) is 63.8 Å². The summed E-state index contributed by atoms with van der Waals surface area (Å²) in [5.74, 6) is 1.18. The first-order chi connectivity index (χ1) is 13.6. The van der Waals surface area contributed by atoms with Crippen LogP contribution in [0.1, 0.15) is 19.8 Å². The van der Waals surface area contributed by atoms with E-state index in [2.05, 4.69) is 6.92 Å². The van der Waals surface area contributed by atoms with Crippen LogP contribution >= 0.6 is 0 Å². The van der Waals surface area contributed by atoms with Gasteiger partial charge in [0.25, 0.3) is 5.91 Å². The van der Waals surface area contributed by atoms with Gasteiger partial charge in [-0.25, -0.2) is 4.79 Å². The van der Waals surface area contributed by atoms with Gasteiger partial charge in [0.05, 0.1) is 0 Å². The molecule has 0 aliphatic carbocycles. The van der Waals surface area contributed by atoms with E-state index in [1.54, 1.807) is 12.1 Å². The number of fused-ring (bicyclic) bond motifs is 1. The van der Waals surface area contributed by atoms with Crippen molar-refractivity contribution in [3.63, 3.8) is 0 Å². The molecule has 2 heterocycles. The zero-order valence-corrected chi connectivity index (χ0v) is 15.9. The first-order valence-corrected chi connectivity index (χ1v) is 9.64. The third-order valence-corrected chi connectivity index (χ3v) is 5.30. The molecule has 28 heavy (non-hydrogen) atoms. The van der Waals surface area contributed by atoms with E-state index in [0.29, 0.717) is 17.3 Å². The van der Waals surface area contributed by atoms with Gasteiger partial charge in [-0.3, -0.25) is 4.79 Å². The van der Waals surface area contributed by atoms with Gasteiger partial charge in [-0.1, -0.05) is 37.3 Å². The predicted molar refractivity (Wildman–Crippen MR) is 108 cm³/mol. The molecule has 4 rings (SSSR count). The molecule has 0 unspecified atom stereocenters. The summed E-state index contributed by atoms with van der Waals surface area (Å²) in [6.07, 6.45) is 2.07. The lowest BCUT2D eigenvalue weighted by Gasteiger charge is -2.30. The standard InChI is InChI=1S/C23H23NO4/c1-16-9-11-24(12-10-16)22(25)15-27-18-7-8-19-20(17-5-3-2-4-6-17)14-23(26)28-21(19)13-18/h2-8,13-14,16H,9-12,15H2,1H3. The van der Waals surface area contributed by atoms with Crippen LogP contribution in [0.3, 0.4) is 0 Å². The van der Waals surface area contributed by atoms with Gasteiger partial charge in [-0.05, 0) is 42.0 Å². The Morgan fingerprint density at radius 1 is 1.11 bits per heavy atom. The van der Waals surface area contributed by atoms with E-state index in [1.807, 2.05) is 41.3 Å². The first-order valence-electron chi connectivity index (χ1n) is 9.64. The molecule has 5 heteroatoms. The van der Waals surface area contributed by atoms with Gasteiger partial charge in [-0.15, -0.1) is 0 Å². The van der Waals surface area contributed by atoms with E-state index in [4.69, 9.17) is 9.15 Å². The topological polar surface area (TPSA) is 59.8 Å². The van der Waals surface area contributed by atoms with Gasteiger partial charge >= 0.3 is 5.63 Å². The maximum atomic E-state index is 12.4. The van der Waals surface area contributed by atoms with Crippen LogP contribution in [0.2, 0.25) is 0 Å². The van der Waals surface area contributed by atoms with Crippen molar-refractivity contribution in [3.05, 3.63) is 65.0 Å². The van der Waals surface area contributed by atoms with Crippen LogP contribution in [0, 0.1) is 5.92 Å². The summed E-state index contributed by atoms with van der Waals surface area (Å²) in [6.45, 7) is 3.78. The Bertz CT molecular complexity index is 1030. The zero-order valence-electron chi connectivity index (χ0n) is 15.9. The lowest BCUT2D eigenvalue weighted by molar-refractivity contribution is -0.134. The number of piperidine rings is 1. The summed E-state index contributed by atoms with van der Waals surface area (Å²) >= 11 is 0. The minimum atomic E-state index is -0.415. The fourth-order valence-corrected chi connectivity index (χ4v) is 3.58. The monoisotopic (exact) mass is 377 g/mol. The molecule has 0 saturated carbocycles. The number of hydrogen-bond donors (Lipinski definition) is 0. The third kappa shape index (κ3) is 3.93. The minimum Gasteiger partial charge on any atom is -0.484 e. The SMILES string of the molecule is CC1CCN(C(=O)COc2ccc3c(-c4ccccc4)cc(=O)oc3c2)CC1. The summed E-state index contributed by atoms with van der Waals surface area (Å²) in [5, 5.41) is 0.828. The highest BCUT2D eigenvalue weighted by atomic mass is 16.5. The molecule has 2 aromatic carbocycles. The van der Waals surface area contributed by atoms with E-state index in [9.17, 15) is 9.59 Å². The molecule has 1 aromatic heterocycles. The Morgan fingerprint density at radius 2 is 1.86 bits per heavy atom. The quantitative estimate of drug-likeness (QED) is 0.643. The number of benzene rings is 2. The first kappa shape index (κ1) is 18.3. The normalized spacial score (nSPS) is 15.0. The summed E-state index contributed by atoms with van der Waals surface area (Å²) in [6, 6.07) is 16.5. The van der Waals surface area contributed by atoms with Gasteiger partial charge < -0.3 is 14.1 Å². The molecule has 144 valence electrons. The summed E-state index contributed by atoms with van der Waals surface area (Å²) in [7, 11) is 0. The molecule has 0 radical (unpaired) electrons. The zero-order chi connectivity index (χ0) is 19.5. The number of rotatable bonds is 4. The highest BCUT2D eigenvalue weighted by molar-refractivity contribution is 5.93. The second-order valence-electron chi connectivity index (χ2n) is 7.36. The Kier molecular flexibility index (Phi) is 5.15. The highest BCUT2D eigenvalue weighted by Crippen LogP contribution is 2.29. The number of amides is 1. The average molecular weight is 377 g/mol. The van der Waals surface area contributed by atoms with Gasteiger partial charge in [-0.2, -0.15) is 0 Å². The largest absolute Gasteiger partial charge is 0.484 e. The predicted octanol–water partition coefficient (Wildman–Crippen LogP) is 4.10. The third-order valence-electron chi connectivity index (χ3n) is 5.30. The molecule has 3 aromatic rings. The average Bonchev–Trinajstić information content (AvgIpc) is 2.72. The molecule has 0 atom stereocenters. The Labute approximate surface area is 163 Å². The smallest absolute Gasteiger partial charge is 0.336 e. The van der Waals surface area contributed by atoms with Gasteiger partial charge in [0.15, 0.2) is 6.61 Å². The van der Waals surface area contributed by atoms with E-state index >= 15 is 0 Å². The van der Waals surface area contributed by atoms with Crippen LogP contribution in [0.5, 0.6) is 5.75 Å². The molecule has 0 N–H and O–H groups in total. The number of likely N-dealkylation sites (tertiary alicyclic amines) is 1. The van der Waals surface area contributed by atoms with Crippen LogP contribution in [0.25, 0.3) is 22.1 Å². The number of carbonyl (C=O) groups is 1. The van der Waals surface area contributed by atoms with Gasteiger partial charge in [0, 0.05) is 30.6 Å². The van der Waals surface area contributed by atoms with E-state index < -0.39 is 5.63 Å². The van der Waals surface area contributed by atoms with Gasteiger partial charge in [0.1, 0.15) is 11.3 Å². The van der Waals surface area contributed by atoms with E-state index in [1.165, 1.54) is 6.07 Å².